The molecule has 1 atom stereocenters. The second-order valence-electron chi connectivity index (χ2n) is 5.09. The fourth-order valence-corrected chi connectivity index (χ4v) is 2.06. The number of rotatable bonds is 5. The predicted molar refractivity (Wildman–Crippen MR) is 82.6 cm³/mol. The summed E-state index contributed by atoms with van der Waals surface area (Å²) in [7, 11) is 1.71. The lowest BCUT2D eigenvalue weighted by molar-refractivity contribution is -0.123. The lowest BCUT2D eigenvalue weighted by Crippen LogP contribution is -2.35. The number of benzene rings is 1. The first-order valence-electron chi connectivity index (χ1n) is 7.04. The molecule has 0 aliphatic rings. The minimum atomic E-state index is -0.186. The Morgan fingerprint density at radius 3 is 2.81 bits per heavy atom. The van der Waals surface area contributed by atoms with E-state index in [2.05, 4.69) is 5.32 Å². The predicted octanol–water partition coefficient (Wildman–Crippen LogP) is 1.83. The third kappa shape index (κ3) is 3.42. The number of para-hydroxylation sites is 1. The molecule has 5 heteroatoms. The van der Waals surface area contributed by atoms with Gasteiger partial charge in [0.15, 0.2) is 6.61 Å². The number of fused-ring (bicyclic) bond motifs is 1. The number of carbonyl (C=O) groups is 1. The van der Waals surface area contributed by atoms with E-state index in [0.29, 0.717) is 5.75 Å². The van der Waals surface area contributed by atoms with Gasteiger partial charge >= 0.3 is 0 Å². The maximum Gasteiger partial charge on any atom is 0.258 e. The first-order chi connectivity index (χ1) is 10.0. The van der Waals surface area contributed by atoms with Crippen LogP contribution in [0.15, 0.2) is 35.1 Å². The minimum Gasteiger partial charge on any atom is -0.483 e. The number of pyridine rings is 1. The minimum absolute atomic E-state index is 0.0957. The smallest absolute Gasteiger partial charge is 0.258 e. The van der Waals surface area contributed by atoms with Crippen molar-refractivity contribution >= 4 is 16.8 Å². The van der Waals surface area contributed by atoms with Crippen LogP contribution < -0.4 is 15.6 Å². The Kier molecular flexibility index (Phi) is 4.62. The van der Waals surface area contributed by atoms with Crippen LogP contribution in [0.25, 0.3) is 10.9 Å². The Morgan fingerprint density at radius 2 is 2.10 bits per heavy atom. The number of hydrogen-bond acceptors (Lipinski definition) is 3. The molecular weight excluding hydrogens is 268 g/mol. The van der Waals surface area contributed by atoms with Crippen LogP contribution in [0.4, 0.5) is 0 Å². The summed E-state index contributed by atoms with van der Waals surface area (Å²) in [4.78, 5) is 23.7. The highest BCUT2D eigenvalue weighted by molar-refractivity contribution is 5.86. The van der Waals surface area contributed by atoms with Crippen molar-refractivity contribution in [2.24, 2.45) is 7.05 Å². The number of aromatic nitrogens is 1. The summed E-state index contributed by atoms with van der Waals surface area (Å²) in [5, 5.41) is 3.64. The van der Waals surface area contributed by atoms with Crippen molar-refractivity contribution in [2.75, 3.05) is 6.61 Å². The fourth-order valence-electron chi connectivity index (χ4n) is 2.06. The molecule has 1 N–H and O–H groups in total. The molecular formula is C16H20N2O3. The van der Waals surface area contributed by atoms with Gasteiger partial charge in [-0.1, -0.05) is 19.1 Å². The van der Waals surface area contributed by atoms with E-state index < -0.39 is 0 Å². The summed E-state index contributed by atoms with van der Waals surface area (Å²) in [6.45, 7) is 3.84. The molecule has 1 heterocycles. The third-order valence-corrected chi connectivity index (χ3v) is 3.49. The molecule has 0 saturated carbocycles. The second kappa shape index (κ2) is 6.43. The van der Waals surface area contributed by atoms with Crippen LogP contribution in [-0.2, 0) is 11.8 Å². The van der Waals surface area contributed by atoms with Crippen molar-refractivity contribution in [1.29, 1.82) is 0 Å². The van der Waals surface area contributed by atoms with Crippen molar-refractivity contribution in [3.05, 3.63) is 40.7 Å². The number of amides is 1. The lowest BCUT2D eigenvalue weighted by atomic mass is 10.2. The maximum absolute atomic E-state index is 11.9. The van der Waals surface area contributed by atoms with Gasteiger partial charge < -0.3 is 14.6 Å². The molecule has 1 amide bonds. The summed E-state index contributed by atoms with van der Waals surface area (Å²) in [6, 6.07) is 8.99. The van der Waals surface area contributed by atoms with Crippen LogP contribution in [0.3, 0.4) is 0 Å². The molecule has 0 fully saturated rings. The Labute approximate surface area is 123 Å². The van der Waals surface area contributed by atoms with Gasteiger partial charge in [0.25, 0.3) is 11.5 Å². The summed E-state index contributed by atoms with van der Waals surface area (Å²) < 4.78 is 7.09. The quantitative estimate of drug-likeness (QED) is 0.913. The topological polar surface area (TPSA) is 60.3 Å². The van der Waals surface area contributed by atoms with E-state index in [1.807, 2.05) is 38.1 Å². The highest BCUT2D eigenvalue weighted by atomic mass is 16.5. The van der Waals surface area contributed by atoms with Crippen LogP contribution in [0.1, 0.15) is 20.3 Å². The number of hydrogen-bond donors (Lipinski definition) is 1. The monoisotopic (exact) mass is 288 g/mol. The van der Waals surface area contributed by atoms with Gasteiger partial charge in [0.1, 0.15) is 5.75 Å². The van der Waals surface area contributed by atoms with Gasteiger partial charge in [-0.3, -0.25) is 9.59 Å². The second-order valence-corrected chi connectivity index (χ2v) is 5.09. The number of nitrogens with zero attached hydrogens (tertiary/aromatic N) is 1. The molecule has 0 radical (unpaired) electrons. The average Bonchev–Trinajstić information content (AvgIpc) is 2.49. The molecule has 0 aliphatic heterocycles. The summed E-state index contributed by atoms with van der Waals surface area (Å²) in [6.07, 6.45) is 0.862. The molecule has 5 nitrogen and oxygen atoms in total. The summed E-state index contributed by atoms with van der Waals surface area (Å²) in [5.74, 6) is 0.252. The molecule has 0 spiro atoms. The van der Waals surface area contributed by atoms with Gasteiger partial charge in [0.2, 0.25) is 0 Å². The van der Waals surface area contributed by atoms with E-state index in [4.69, 9.17) is 4.74 Å². The SMILES string of the molecule is CCC(C)NC(=O)COc1cc(=O)n(C)c2ccccc12. The Bertz CT molecular complexity index is 706. The zero-order valence-corrected chi connectivity index (χ0v) is 12.6. The zero-order valence-electron chi connectivity index (χ0n) is 12.6. The number of nitrogens with one attached hydrogen (secondary N) is 1. The largest absolute Gasteiger partial charge is 0.483 e. The Morgan fingerprint density at radius 1 is 1.38 bits per heavy atom. The van der Waals surface area contributed by atoms with E-state index in [-0.39, 0.29) is 24.1 Å². The average molecular weight is 288 g/mol. The van der Waals surface area contributed by atoms with E-state index >= 15 is 0 Å². The van der Waals surface area contributed by atoms with E-state index in [0.717, 1.165) is 17.3 Å². The normalized spacial score (nSPS) is 12.1. The summed E-state index contributed by atoms with van der Waals surface area (Å²) in [5.41, 5.74) is 0.619. The third-order valence-electron chi connectivity index (χ3n) is 3.49. The van der Waals surface area contributed by atoms with Gasteiger partial charge in [-0.25, -0.2) is 0 Å². The van der Waals surface area contributed by atoms with Crippen molar-refractivity contribution in [1.82, 2.24) is 9.88 Å². The fraction of sp³-hybridized carbons (Fsp3) is 0.375. The van der Waals surface area contributed by atoms with Crippen LogP contribution >= 0.6 is 0 Å². The number of carbonyl (C=O) groups excluding carboxylic acids is 1. The molecule has 1 aromatic heterocycles. The molecule has 0 aliphatic carbocycles. The molecule has 21 heavy (non-hydrogen) atoms. The van der Waals surface area contributed by atoms with E-state index in [1.54, 1.807) is 11.6 Å². The van der Waals surface area contributed by atoms with Crippen LogP contribution in [0.2, 0.25) is 0 Å². The molecule has 0 bridgehead atoms. The summed E-state index contributed by atoms with van der Waals surface area (Å²) >= 11 is 0. The zero-order chi connectivity index (χ0) is 15.4. The molecule has 1 unspecified atom stereocenters. The van der Waals surface area contributed by atoms with Crippen LogP contribution in [0.5, 0.6) is 5.75 Å². The van der Waals surface area contributed by atoms with Crippen molar-refractivity contribution in [3.8, 4) is 5.75 Å². The van der Waals surface area contributed by atoms with Gasteiger partial charge in [0, 0.05) is 24.5 Å². The molecule has 112 valence electrons. The van der Waals surface area contributed by atoms with Gasteiger partial charge in [-0.05, 0) is 25.5 Å². The van der Waals surface area contributed by atoms with Crippen LogP contribution in [-0.4, -0.2) is 23.1 Å². The Hall–Kier alpha value is -2.30. The van der Waals surface area contributed by atoms with E-state index in [1.165, 1.54) is 6.07 Å². The number of aryl methyl sites for hydroxylation is 1. The molecule has 2 rings (SSSR count). The van der Waals surface area contributed by atoms with Gasteiger partial charge in [-0.15, -0.1) is 0 Å². The van der Waals surface area contributed by atoms with Gasteiger partial charge in [0.05, 0.1) is 5.52 Å². The van der Waals surface area contributed by atoms with Crippen molar-refractivity contribution < 1.29 is 9.53 Å². The van der Waals surface area contributed by atoms with E-state index in [9.17, 15) is 9.59 Å². The molecule has 0 saturated heterocycles. The van der Waals surface area contributed by atoms with Crippen LogP contribution in [0, 0.1) is 0 Å². The highest BCUT2D eigenvalue weighted by Crippen LogP contribution is 2.22. The number of ether oxygens (including phenoxy) is 1. The standard InChI is InChI=1S/C16H20N2O3/c1-4-11(2)17-15(19)10-21-14-9-16(20)18(3)13-8-6-5-7-12(13)14/h5-9,11H,4,10H2,1-3H3,(H,17,19). The maximum atomic E-state index is 11.9. The molecule has 1 aromatic carbocycles. The van der Waals surface area contributed by atoms with Gasteiger partial charge in [-0.2, -0.15) is 0 Å². The van der Waals surface area contributed by atoms with Crippen molar-refractivity contribution in [3.63, 3.8) is 0 Å². The lowest BCUT2D eigenvalue weighted by Gasteiger charge is -2.14. The molecule has 2 aromatic rings. The first kappa shape index (κ1) is 15.1. The first-order valence-corrected chi connectivity index (χ1v) is 7.04. The van der Waals surface area contributed by atoms with Crippen molar-refractivity contribution in [2.45, 2.75) is 26.3 Å². The highest BCUT2D eigenvalue weighted by Gasteiger charge is 2.10. The Balaban J connectivity index is 2.21.